The second kappa shape index (κ2) is 10.2. The van der Waals surface area contributed by atoms with Crippen molar-refractivity contribution in [3.63, 3.8) is 0 Å². The van der Waals surface area contributed by atoms with Crippen molar-refractivity contribution in [3.05, 3.63) is 59.7 Å². The molecular weight excluding hydrogens is 411 g/mol. The first-order valence-electron chi connectivity index (χ1n) is 9.56. The van der Waals surface area contributed by atoms with E-state index in [1.165, 1.54) is 12.3 Å². The van der Waals surface area contributed by atoms with E-state index < -0.39 is 11.7 Å². The van der Waals surface area contributed by atoms with Gasteiger partial charge in [-0.25, -0.2) is 4.98 Å². The summed E-state index contributed by atoms with van der Waals surface area (Å²) in [4.78, 5) is 18.0. The van der Waals surface area contributed by atoms with Gasteiger partial charge in [0.2, 0.25) is 5.88 Å². The molecule has 1 fully saturated rings. The van der Waals surface area contributed by atoms with Gasteiger partial charge in [-0.3, -0.25) is 15.0 Å². The summed E-state index contributed by atoms with van der Waals surface area (Å²) in [7, 11) is 0. The van der Waals surface area contributed by atoms with Gasteiger partial charge in [-0.2, -0.15) is 13.2 Å². The largest absolute Gasteiger partial charge is 0.472 e. The molecule has 164 valence electrons. The Balaban J connectivity index is 1.61. The van der Waals surface area contributed by atoms with Gasteiger partial charge in [0.15, 0.2) is 0 Å². The normalized spacial score (nSPS) is 17.0. The maximum atomic E-state index is 12.7. The zero-order chi connectivity index (χ0) is 22.3. The van der Waals surface area contributed by atoms with Crippen LogP contribution in [-0.4, -0.2) is 47.2 Å². The number of anilines is 1. The summed E-state index contributed by atoms with van der Waals surface area (Å²) in [6.07, 6.45) is 1.55. The molecule has 1 aliphatic rings. The molecule has 1 saturated heterocycles. The first-order chi connectivity index (χ1) is 14.9. The van der Waals surface area contributed by atoms with Gasteiger partial charge >= 0.3 is 6.18 Å². The summed E-state index contributed by atoms with van der Waals surface area (Å²) in [5.74, 6) is 0.147. The highest BCUT2D eigenvalue weighted by atomic mass is 19.4. The van der Waals surface area contributed by atoms with Crippen LogP contribution in [0.25, 0.3) is 0 Å². The molecule has 3 rings (SSSR count). The molecule has 0 unspecified atom stereocenters. The molecular formula is C21H22F3N5O2. The summed E-state index contributed by atoms with van der Waals surface area (Å²) in [5, 5.41) is 9.75. The summed E-state index contributed by atoms with van der Waals surface area (Å²) < 4.78 is 43.7. The third-order valence-electron chi connectivity index (χ3n) is 4.63. The van der Waals surface area contributed by atoms with Crippen molar-refractivity contribution in [1.29, 1.82) is 0 Å². The predicted octanol–water partition coefficient (Wildman–Crippen LogP) is 3.43. The molecule has 0 radical (unpaired) electrons. The summed E-state index contributed by atoms with van der Waals surface area (Å²) in [6.45, 7) is 4.64. The monoisotopic (exact) mass is 433 g/mol. The van der Waals surface area contributed by atoms with E-state index in [-0.39, 0.29) is 18.6 Å². The highest BCUT2D eigenvalue weighted by Crippen LogP contribution is 2.30. The number of halogens is 3. The number of hydrogen-bond acceptors (Lipinski definition) is 7. The van der Waals surface area contributed by atoms with E-state index >= 15 is 0 Å². The van der Waals surface area contributed by atoms with Crippen LogP contribution in [0.15, 0.2) is 52.7 Å². The molecule has 2 aromatic rings. The fourth-order valence-electron chi connectivity index (χ4n) is 3.17. The Labute approximate surface area is 177 Å². The van der Waals surface area contributed by atoms with Crippen LogP contribution in [0.2, 0.25) is 0 Å². The second-order valence-corrected chi connectivity index (χ2v) is 6.80. The van der Waals surface area contributed by atoms with Crippen LogP contribution in [-0.2, 0) is 19.3 Å². The van der Waals surface area contributed by atoms with Crippen LogP contribution < -0.4 is 9.64 Å². The maximum absolute atomic E-state index is 12.7. The number of aliphatic hydroxyl groups is 1. The number of nitrogens with zero attached hydrogens (tertiary/aromatic N) is 5. The van der Waals surface area contributed by atoms with Gasteiger partial charge in [-0.05, 0) is 31.0 Å². The molecule has 1 atom stereocenters. The van der Waals surface area contributed by atoms with Crippen LogP contribution in [0.5, 0.6) is 5.88 Å². The molecule has 10 heteroatoms. The molecule has 0 amide bonds. The van der Waals surface area contributed by atoms with Crippen LogP contribution in [0, 0.1) is 0 Å². The average molecular weight is 433 g/mol. The van der Waals surface area contributed by atoms with Crippen molar-refractivity contribution < 1.29 is 23.0 Å². The molecule has 0 bridgehead atoms. The van der Waals surface area contributed by atoms with Gasteiger partial charge < -0.3 is 14.7 Å². The van der Waals surface area contributed by atoms with E-state index in [1.54, 1.807) is 12.3 Å². The summed E-state index contributed by atoms with van der Waals surface area (Å²) in [5.41, 5.74) is 1.22. The van der Waals surface area contributed by atoms with Crippen LogP contribution in [0.1, 0.15) is 23.4 Å². The molecule has 1 N–H and O–H groups in total. The third kappa shape index (κ3) is 6.11. The van der Waals surface area contributed by atoms with Crippen molar-refractivity contribution in [2.45, 2.75) is 31.9 Å². The highest BCUT2D eigenvalue weighted by molar-refractivity contribution is 5.71. The van der Waals surface area contributed by atoms with Gasteiger partial charge in [0, 0.05) is 37.6 Å². The fourth-order valence-corrected chi connectivity index (χ4v) is 3.17. The lowest BCUT2D eigenvalue weighted by Crippen LogP contribution is -2.26. The quantitative estimate of drug-likeness (QED) is 0.645. The topological polar surface area (TPSA) is 83.2 Å². The molecule has 0 spiro atoms. The minimum absolute atomic E-state index is 0.147. The summed E-state index contributed by atoms with van der Waals surface area (Å²) >= 11 is 0. The molecule has 31 heavy (non-hydrogen) atoms. The Bertz CT molecular complexity index is 945. The molecule has 3 heterocycles. The molecule has 0 saturated carbocycles. The van der Waals surface area contributed by atoms with E-state index in [0.29, 0.717) is 37.4 Å². The Morgan fingerprint density at radius 3 is 2.81 bits per heavy atom. The smallest absolute Gasteiger partial charge is 0.417 e. The van der Waals surface area contributed by atoms with Crippen LogP contribution in [0.4, 0.5) is 18.9 Å². The summed E-state index contributed by atoms with van der Waals surface area (Å²) in [6, 6.07) is 5.89. The van der Waals surface area contributed by atoms with Crippen molar-refractivity contribution in [1.82, 2.24) is 9.97 Å². The number of pyridine rings is 2. The van der Waals surface area contributed by atoms with Crippen molar-refractivity contribution in [2.24, 2.45) is 9.98 Å². The maximum Gasteiger partial charge on any atom is 0.417 e. The van der Waals surface area contributed by atoms with E-state index in [1.807, 2.05) is 17.0 Å². The van der Waals surface area contributed by atoms with Crippen molar-refractivity contribution in [3.8, 4) is 5.88 Å². The number of aromatic nitrogens is 2. The Morgan fingerprint density at radius 2 is 2.13 bits per heavy atom. The minimum atomic E-state index is -4.43. The third-order valence-corrected chi connectivity index (χ3v) is 4.63. The SMILES string of the molecule is C=N/C=C\C=NCc1ccc(N2CC[C@H](Oc3ccc(C(F)(F)F)cn3)C2)c(CO)n1. The molecule has 0 aromatic carbocycles. The second-order valence-electron chi connectivity index (χ2n) is 6.80. The number of aliphatic hydroxyl groups excluding tert-OH is 1. The minimum Gasteiger partial charge on any atom is -0.472 e. The number of aliphatic imine (C=N–C) groups is 2. The van der Waals surface area contributed by atoms with Gasteiger partial charge in [-0.1, -0.05) is 0 Å². The van der Waals surface area contributed by atoms with E-state index in [9.17, 15) is 18.3 Å². The Morgan fingerprint density at radius 1 is 1.29 bits per heavy atom. The van der Waals surface area contributed by atoms with E-state index in [2.05, 4.69) is 26.7 Å². The molecule has 2 aromatic heterocycles. The van der Waals surface area contributed by atoms with Crippen LogP contribution in [0.3, 0.4) is 0 Å². The standard InChI is InChI=1S/C21H22F3N5O2/c1-25-8-2-9-26-12-16-4-5-19(18(14-30)28-16)29-10-7-17(13-29)31-20-6-3-15(11-27-20)21(22,23)24/h2-6,8-9,11,17,30H,1,7,10,12-14H2/b8-2-,26-9?/t17-/m0/s1. The molecule has 7 nitrogen and oxygen atoms in total. The first-order valence-corrected chi connectivity index (χ1v) is 9.56. The van der Waals surface area contributed by atoms with E-state index in [4.69, 9.17) is 4.74 Å². The number of alkyl halides is 3. The lowest BCUT2D eigenvalue weighted by molar-refractivity contribution is -0.137. The van der Waals surface area contributed by atoms with Gasteiger partial charge in [0.1, 0.15) is 6.10 Å². The lowest BCUT2D eigenvalue weighted by atomic mass is 10.2. The van der Waals surface area contributed by atoms with E-state index in [0.717, 1.165) is 18.0 Å². The molecule has 0 aliphatic carbocycles. The fraction of sp³-hybridized carbons (Fsp3) is 0.333. The zero-order valence-electron chi connectivity index (χ0n) is 16.7. The van der Waals surface area contributed by atoms with Crippen molar-refractivity contribution in [2.75, 3.05) is 18.0 Å². The number of hydrogen-bond donors (Lipinski definition) is 1. The first kappa shape index (κ1) is 22.4. The predicted molar refractivity (Wildman–Crippen MR) is 112 cm³/mol. The zero-order valence-corrected chi connectivity index (χ0v) is 16.7. The van der Waals surface area contributed by atoms with Crippen LogP contribution >= 0.6 is 0 Å². The average Bonchev–Trinajstić information content (AvgIpc) is 3.21. The molecule has 1 aliphatic heterocycles. The lowest BCUT2D eigenvalue weighted by Gasteiger charge is -2.21. The number of rotatable bonds is 8. The van der Waals surface area contributed by atoms with Crippen molar-refractivity contribution >= 4 is 18.6 Å². The van der Waals surface area contributed by atoms with Gasteiger partial charge in [0.25, 0.3) is 0 Å². The Hall–Kier alpha value is -3.27. The highest BCUT2D eigenvalue weighted by Gasteiger charge is 2.31. The Kier molecular flexibility index (Phi) is 7.35. The number of ether oxygens (including phenoxy) is 1. The number of allylic oxidation sites excluding steroid dienone is 1. The van der Waals surface area contributed by atoms with Gasteiger partial charge in [0.05, 0.1) is 42.3 Å². The van der Waals surface area contributed by atoms with Gasteiger partial charge in [-0.15, -0.1) is 0 Å².